The second-order valence-electron chi connectivity index (χ2n) is 3.05. The number of rotatable bonds is 4. The van der Waals surface area contributed by atoms with Gasteiger partial charge in [-0.3, -0.25) is 0 Å². The van der Waals surface area contributed by atoms with Crippen molar-refractivity contribution in [3.63, 3.8) is 0 Å². The molecule has 0 aromatic carbocycles. The first-order valence-electron chi connectivity index (χ1n) is 4.02. The highest BCUT2D eigenvalue weighted by atomic mass is 16.3. The van der Waals surface area contributed by atoms with Crippen LogP contribution in [-0.4, -0.2) is 11.2 Å². The van der Waals surface area contributed by atoms with E-state index in [-0.39, 0.29) is 6.10 Å². The minimum Gasteiger partial charge on any atom is -0.393 e. The van der Waals surface area contributed by atoms with Gasteiger partial charge in [0.15, 0.2) is 0 Å². The van der Waals surface area contributed by atoms with E-state index in [0.717, 1.165) is 6.42 Å². The summed E-state index contributed by atoms with van der Waals surface area (Å²) in [5, 5.41) is 9.32. The van der Waals surface area contributed by atoms with Crippen molar-refractivity contribution in [2.75, 3.05) is 0 Å². The number of unbranched alkanes of at least 4 members (excludes halogenated alkanes) is 1. The van der Waals surface area contributed by atoms with Crippen molar-refractivity contribution in [2.45, 2.75) is 45.1 Å². The molecule has 0 heterocycles. The summed E-state index contributed by atoms with van der Waals surface area (Å²) in [5.74, 6) is 0.677. The molecule has 0 aliphatic heterocycles. The number of hydrogen-bond donors (Lipinski definition) is 1. The third-order valence-corrected chi connectivity index (χ3v) is 2.02. The van der Waals surface area contributed by atoms with Crippen LogP contribution < -0.4 is 0 Å². The highest BCUT2D eigenvalue weighted by Crippen LogP contribution is 2.34. The molecular weight excluding hydrogens is 112 g/mol. The van der Waals surface area contributed by atoms with Gasteiger partial charge in [-0.1, -0.05) is 19.8 Å². The summed E-state index contributed by atoms with van der Waals surface area (Å²) in [4.78, 5) is 0. The molecular formula is C8H16O. The lowest BCUT2D eigenvalue weighted by Crippen LogP contribution is -2.07. The standard InChI is InChI=1S/C8H16O/c1-2-3-4-8(9)7-5-6-7/h7-9H,2-6H2,1H3. The Bertz CT molecular complexity index is 76.6. The maximum absolute atomic E-state index is 9.32. The molecule has 1 N–H and O–H groups in total. The molecule has 0 spiro atoms. The van der Waals surface area contributed by atoms with E-state index in [4.69, 9.17) is 0 Å². The molecule has 0 bridgehead atoms. The highest BCUT2D eigenvalue weighted by molar-refractivity contribution is 4.80. The molecule has 1 aliphatic carbocycles. The summed E-state index contributed by atoms with van der Waals surface area (Å²) in [6, 6.07) is 0. The summed E-state index contributed by atoms with van der Waals surface area (Å²) in [6.45, 7) is 2.17. The van der Waals surface area contributed by atoms with Crippen LogP contribution in [0, 0.1) is 5.92 Å². The molecule has 1 nitrogen and oxygen atoms in total. The van der Waals surface area contributed by atoms with Crippen molar-refractivity contribution in [1.29, 1.82) is 0 Å². The van der Waals surface area contributed by atoms with E-state index in [9.17, 15) is 5.11 Å². The van der Waals surface area contributed by atoms with Crippen molar-refractivity contribution in [2.24, 2.45) is 5.92 Å². The van der Waals surface area contributed by atoms with Gasteiger partial charge in [0.1, 0.15) is 0 Å². The van der Waals surface area contributed by atoms with Gasteiger partial charge >= 0.3 is 0 Å². The van der Waals surface area contributed by atoms with Crippen LogP contribution in [0.4, 0.5) is 0 Å². The summed E-state index contributed by atoms with van der Waals surface area (Å²) >= 11 is 0. The van der Waals surface area contributed by atoms with Crippen LogP contribution in [0.2, 0.25) is 0 Å². The first kappa shape index (κ1) is 7.07. The summed E-state index contributed by atoms with van der Waals surface area (Å²) in [6.07, 6.45) is 6.00. The Morgan fingerprint density at radius 1 is 1.56 bits per heavy atom. The molecule has 1 rings (SSSR count). The Morgan fingerprint density at radius 3 is 2.67 bits per heavy atom. The van der Waals surface area contributed by atoms with Gasteiger partial charge in [0.05, 0.1) is 6.10 Å². The molecule has 1 fully saturated rings. The molecule has 1 atom stereocenters. The Balaban J connectivity index is 1.96. The molecule has 1 unspecified atom stereocenters. The average molecular weight is 128 g/mol. The minimum absolute atomic E-state index is 0.0324. The van der Waals surface area contributed by atoms with E-state index in [2.05, 4.69) is 6.92 Å². The van der Waals surface area contributed by atoms with Crippen LogP contribution in [0.15, 0.2) is 0 Å². The lowest BCUT2D eigenvalue weighted by atomic mass is 10.1. The van der Waals surface area contributed by atoms with Crippen molar-refractivity contribution >= 4 is 0 Å². The van der Waals surface area contributed by atoms with Gasteiger partial charge in [0.25, 0.3) is 0 Å². The smallest absolute Gasteiger partial charge is 0.0568 e. The lowest BCUT2D eigenvalue weighted by Gasteiger charge is -2.05. The fourth-order valence-electron chi connectivity index (χ4n) is 1.13. The minimum atomic E-state index is 0.0324. The third-order valence-electron chi connectivity index (χ3n) is 2.02. The van der Waals surface area contributed by atoms with Gasteiger partial charge in [-0.05, 0) is 25.2 Å². The van der Waals surface area contributed by atoms with Gasteiger partial charge in [-0.15, -0.1) is 0 Å². The van der Waals surface area contributed by atoms with Gasteiger partial charge in [-0.25, -0.2) is 0 Å². The maximum Gasteiger partial charge on any atom is 0.0568 e. The van der Waals surface area contributed by atoms with E-state index < -0.39 is 0 Å². The first-order chi connectivity index (χ1) is 4.34. The molecule has 1 aliphatic rings. The molecule has 0 aromatic heterocycles. The van der Waals surface area contributed by atoms with E-state index in [1.165, 1.54) is 25.7 Å². The van der Waals surface area contributed by atoms with Crippen molar-refractivity contribution in [1.82, 2.24) is 0 Å². The van der Waals surface area contributed by atoms with Crippen molar-refractivity contribution < 1.29 is 5.11 Å². The SMILES string of the molecule is CCCCC(O)C1CC1. The van der Waals surface area contributed by atoms with Crippen LogP contribution in [0.1, 0.15) is 39.0 Å². The van der Waals surface area contributed by atoms with E-state index >= 15 is 0 Å². The molecule has 0 radical (unpaired) electrons. The second-order valence-corrected chi connectivity index (χ2v) is 3.05. The number of aliphatic hydroxyl groups is 1. The average Bonchev–Trinajstić information content (AvgIpc) is 2.63. The molecule has 0 aromatic rings. The zero-order chi connectivity index (χ0) is 6.69. The molecule has 1 saturated carbocycles. The Labute approximate surface area is 57.1 Å². The Kier molecular flexibility index (Phi) is 2.52. The predicted octanol–water partition coefficient (Wildman–Crippen LogP) is 1.95. The van der Waals surface area contributed by atoms with Crippen LogP contribution >= 0.6 is 0 Å². The van der Waals surface area contributed by atoms with E-state index in [1.54, 1.807) is 0 Å². The summed E-state index contributed by atoms with van der Waals surface area (Å²) < 4.78 is 0. The van der Waals surface area contributed by atoms with Crippen molar-refractivity contribution in [3.8, 4) is 0 Å². The lowest BCUT2D eigenvalue weighted by molar-refractivity contribution is 0.138. The number of hydrogen-bond acceptors (Lipinski definition) is 1. The summed E-state index contributed by atoms with van der Waals surface area (Å²) in [7, 11) is 0. The van der Waals surface area contributed by atoms with E-state index in [0.29, 0.717) is 5.92 Å². The fourth-order valence-corrected chi connectivity index (χ4v) is 1.13. The third kappa shape index (κ3) is 2.35. The largest absolute Gasteiger partial charge is 0.393 e. The van der Waals surface area contributed by atoms with Crippen LogP contribution in [0.5, 0.6) is 0 Å². The maximum atomic E-state index is 9.32. The molecule has 54 valence electrons. The van der Waals surface area contributed by atoms with Crippen LogP contribution in [-0.2, 0) is 0 Å². The first-order valence-corrected chi connectivity index (χ1v) is 4.02. The fraction of sp³-hybridized carbons (Fsp3) is 1.00. The van der Waals surface area contributed by atoms with Crippen LogP contribution in [0.3, 0.4) is 0 Å². The molecule has 9 heavy (non-hydrogen) atoms. The topological polar surface area (TPSA) is 20.2 Å². The van der Waals surface area contributed by atoms with Gasteiger partial charge in [0.2, 0.25) is 0 Å². The van der Waals surface area contributed by atoms with Crippen molar-refractivity contribution in [3.05, 3.63) is 0 Å². The Morgan fingerprint density at radius 2 is 2.22 bits per heavy atom. The zero-order valence-electron chi connectivity index (χ0n) is 6.14. The monoisotopic (exact) mass is 128 g/mol. The van der Waals surface area contributed by atoms with Gasteiger partial charge in [-0.2, -0.15) is 0 Å². The van der Waals surface area contributed by atoms with Gasteiger partial charge < -0.3 is 5.11 Å². The summed E-state index contributed by atoms with van der Waals surface area (Å²) in [5.41, 5.74) is 0. The van der Waals surface area contributed by atoms with E-state index in [1.807, 2.05) is 0 Å². The molecule has 0 amide bonds. The van der Waals surface area contributed by atoms with Gasteiger partial charge in [0, 0.05) is 0 Å². The number of aliphatic hydroxyl groups excluding tert-OH is 1. The van der Waals surface area contributed by atoms with Crippen LogP contribution in [0.25, 0.3) is 0 Å². The predicted molar refractivity (Wildman–Crippen MR) is 38.3 cm³/mol. The molecule has 0 saturated heterocycles. The molecule has 1 heteroatoms. The highest BCUT2D eigenvalue weighted by Gasteiger charge is 2.28. The quantitative estimate of drug-likeness (QED) is 0.613. The zero-order valence-corrected chi connectivity index (χ0v) is 6.14. The second kappa shape index (κ2) is 3.21. The normalized spacial score (nSPS) is 22.0. The Hall–Kier alpha value is -0.0400.